The van der Waals surface area contributed by atoms with Gasteiger partial charge in [0, 0.05) is 6.08 Å². The summed E-state index contributed by atoms with van der Waals surface area (Å²) in [7, 11) is 0. The minimum atomic E-state index is -1.87. The number of aliphatic hydroxyl groups is 1. The van der Waals surface area contributed by atoms with Gasteiger partial charge in [-0.25, -0.2) is 0 Å². The summed E-state index contributed by atoms with van der Waals surface area (Å²) < 4.78 is 22.9. The summed E-state index contributed by atoms with van der Waals surface area (Å²) in [5, 5.41) is 8.77. The molecule has 0 spiro atoms. The number of hydrogen-bond acceptors (Lipinski definition) is 1. The van der Waals surface area contributed by atoms with E-state index in [2.05, 4.69) is 0 Å². The van der Waals surface area contributed by atoms with Gasteiger partial charge >= 0.3 is 0 Å². The van der Waals surface area contributed by atoms with Gasteiger partial charge in [0.15, 0.2) is 0 Å². The Bertz CT molecular complexity index is 179. The van der Waals surface area contributed by atoms with E-state index in [1.165, 1.54) is 12.2 Å². The lowest BCUT2D eigenvalue weighted by molar-refractivity contribution is 0.261. The molecule has 0 fully saturated rings. The zero-order chi connectivity index (χ0) is 8.69. The molecule has 0 aromatic rings. The van der Waals surface area contributed by atoms with Crippen molar-refractivity contribution in [2.45, 2.75) is 13.0 Å². The van der Waals surface area contributed by atoms with Gasteiger partial charge in [-0.05, 0) is 6.92 Å². The lowest BCUT2D eigenvalue weighted by Crippen LogP contribution is -1.95. The van der Waals surface area contributed by atoms with Crippen molar-refractivity contribution in [3.8, 4) is 0 Å². The average molecular weight is 160 g/mol. The molecule has 1 atom stereocenters. The summed E-state index contributed by atoms with van der Waals surface area (Å²) in [6.45, 7) is 1.79. The average Bonchev–Trinajstić information content (AvgIpc) is 1.86. The van der Waals surface area contributed by atoms with Crippen LogP contribution in [-0.2, 0) is 0 Å². The minimum Gasteiger partial charge on any atom is -0.385 e. The van der Waals surface area contributed by atoms with Crippen LogP contribution in [0.4, 0.5) is 8.78 Å². The molecule has 1 nitrogen and oxygen atoms in total. The van der Waals surface area contributed by atoms with E-state index in [0.717, 1.165) is 0 Å². The number of rotatable bonds is 3. The highest BCUT2D eigenvalue weighted by atomic mass is 19.3. The Balaban J connectivity index is 3.87. The Kier molecular flexibility index (Phi) is 5.29. The van der Waals surface area contributed by atoms with Crippen molar-refractivity contribution in [2.24, 2.45) is 0 Å². The van der Waals surface area contributed by atoms with Gasteiger partial charge in [0.05, 0.1) is 6.10 Å². The van der Waals surface area contributed by atoms with Gasteiger partial charge < -0.3 is 5.11 Å². The Hall–Kier alpha value is -0.960. The molecule has 0 aliphatic carbocycles. The Morgan fingerprint density at radius 3 is 2.45 bits per heavy atom. The maximum atomic E-state index is 11.4. The van der Waals surface area contributed by atoms with Gasteiger partial charge in [0.25, 0.3) is 6.08 Å². The Morgan fingerprint density at radius 2 is 2.00 bits per heavy atom. The molecule has 3 heteroatoms. The van der Waals surface area contributed by atoms with Crippen LogP contribution in [-0.4, -0.2) is 11.2 Å². The quantitative estimate of drug-likeness (QED) is 0.628. The van der Waals surface area contributed by atoms with Gasteiger partial charge in [0.1, 0.15) is 0 Å². The van der Waals surface area contributed by atoms with E-state index in [1.807, 2.05) is 0 Å². The van der Waals surface area contributed by atoms with E-state index in [0.29, 0.717) is 6.08 Å². The van der Waals surface area contributed by atoms with Crippen LogP contribution in [0.15, 0.2) is 36.5 Å². The van der Waals surface area contributed by atoms with Gasteiger partial charge in [-0.15, -0.1) is 0 Å². The summed E-state index contributed by atoms with van der Waals surface area (Å²) in [5.41, 5.74) is 0. The fourth-order valence-corrected chi connectivity index (χ4v) is 0.474. The minimum absolute atomic E-state index is 0.472. The van der Waals surface area contributed by atoms with Crippen LogP contribution in [0.25, 0.3) is 0 Å². The normalized spacial score (nSPS) is 14.2. The zero-order valence-corrected chi connectivity index (χ0v) is 6.17. The fraction of sp³-hybridized carbons (Fsp3) is 0.250. The second kappa shape index (κ2) is 5.80. The molecule has 0 aromatic carbocycles. The van der Waals surface area contributed by atoms with E-state index in [1.54, 1.807) is 19.1 Å². The molecule has 0 heterocycles. The standard InChI is InChI=1S/C8H10F2O/c1-2-3-4-5-7(11)6-8(9)10/h2-7,11H,1H3/b3-2+,5-4+. The molecule has 0 bridgehead atoms. The van der Waals surface area contributed by atoms with Crippen LogP contribution in [0.3, 0.4) is 0 Å². The molecule has 0 saturated heterocycles. The predicted molar refractivity (Wildman–Crippen MR) is 40.3 cm³/mol. The van der Waals surface area contributed by atoms with Crippen molar-refractivity contribution < 1.29 is 13.9 Å². The predicted octanol–water partition coefficient (Wildman–Crippen LogP) is 2.26. The second-order valence-corrected chi connectivity index (χ2v) is 1.86. The van der Waals surface area contributed by atoms with E-state index >= 15 is 0 Å². The van der Waals surface area contributed by atoms with Crippen LogP contribution in [0.1, 0.15) is 6.92 Å². The third kappa shape index (κ3) is 6.93. The molecule has 0 aliphatic heterocycles. The van der Waals surface area contributed by atoms with E-state index < -0.39 is 12.2 Å². The van der Waals surface area contributed by atoms with Gasteiger partial charge in [-0.2, -0.15) is 8.78 Å². The lowest BCUT2D eigenvalue weighted by atomic mass is 10.3. The third-order valence-electron chi connectivity index (χ3n) is 0.909. The largest absolute Gasteiger partial charge is 0.385 e. The molecule has 1 unspecified atom stereocenters. The summed E-state index contributed by atoms with van der Waals surface area (Å²) in [6, 6.07) is 0. The lowest BCUT2D eigenvalue weighted by Gasteiger charge is -1.92. The van der Waals surface area contributed by atoms with E-state index in [9.17, 15) is 8.78 Å². The van der Waals surface area contributed by atoms with Crippen molar-refractivity contribution in [3.05, 3.63) is 36.5 Å². The summed E-state index contributed by atoms with van der Waals surface area (Å²) in [6.07, 6.45) is 3.55. The van der Waals surface area contributed by atoms with Crippen LogP contribution < -0.4 is 0 Å². The van der Waals surface area contributed by atoms with Gasteiger partial charge in [-0.1, -0.05) is 24.3 Å². The molecule has 11 heavy (non-hydrogen) atoms. The number of allylic oxidation sites excluding steroid dienone is 3. The van der Waals surface area contributed by atoms with Crippen LogP contribution >= 0.6 is 0 Å². The van der Waals surface area contributed by atoms with Crippen molar-refractivity contribution >= 4 is 0 Å². The van der Waals surface area contributed by atoms with Crippen LogP contribution in [0.2, 0.25) is 0 Å². The summed E-state index contributed by atoms with van der Waals surface area (Å²) in [4.78, 5) is 0. The SMILES string of the molecule is C/C=C/C=C/C(O)C=C(F)F. The van der Waals surface area contributed by atoms with Gasteiger partial charge in [0.2, 0.25) is 0 Å². The molecule has 0 amide bonds. The van der Waals surface area contributed by atoms with Crippen LogP contribution in [0, 0.1) is 0 Å². The van der Waals surface area contributed by atoms with Crippen molar-refractivity contribution in [3.63, 3.8) is 0 Å². The summed E-state index contributed by atoms with van der Waals surface area (Å²) >= 11 is 0. The first-order valence-electron chi connectivity index (χ1n) is 3.17. The van der Waals surface area contributed by atoms with E-state index in [4.69, 9.17) is 5.11 Å². The van der Waals surface area contributed by atoms with E-state index in [-0.39, 0.29) is 0 Å². The molecule has 0 aromatic heterocycles. The first-order chi connectivity index (χ1) is 5.16. The fourth-order valence-electron chi connectivity index (χ4n) is 0.474. The first kappa shape index (κ1) is 10.0. The highest BCUT2D eigenvalue weighted by Crippen LogP contribution is 2.00. The number of halogens is 2. The molecule has 0 radical (unpaired) electrons. The Labute approximate surface area is 64.4 Å². The molecular weight excluding hydrogens is 150 g/mol. The second-order valence-electron chi connectivity index (χ2n) is 1.86. The highest BCUT2D eigenvalue weighted by Gasteiger charge is 1.95. The molecule has 1 N–H and O–H groups in total. The maximum absolute atomic E-state index is 11.4. The Morgan fingerprint density at radius 1 is 1.36 bits per heavy atom. The molecule has 0 saturated carbocycles. The highest BCUT2D eigenvalue weighted by molar-refractivity contribution is 5.08. The number of aliphatic hydroxyl groups excluding tert-OH is 1. The topological polar surface area (TPSA) is 20.2 Å². The number of hydrogen-bond donors (Lipinski definition) is 1. The van der Waals surface area contributed by atoms with Crippen molar-refractivity contribution in [1.82, 2.24) is 0 Å². The first-order valence-corrected chi connectivity index (χ1v) is 3.17. The van der Waals surface area contributed by atoms with Crippen molar-refractivity contribution in [2.75, 3.05) is 0 Å². The van der Waals surface area contributed by atoms with Crippen molar-refractivity contribution in [1.29, 1.82) is 0 Å². The van der Waals surface area contributed by atoms with Crippen LogP contribution in [0.5, 0.6) is 0 Å². The smallest absolute Gasteiger partial charge is 0.269 e. The monoisotopic (exact) mass is 160 g/mol. The third-order valence-corrected chi connectivity index (χ3v) is 0.909. The maximum Gasteiger partial charge on any atom is 0.269 e. The molecule has 0 aliphatic rings. The molecule has 62 valence electrons. The summed E-state index contributed by atoms with van der Waals surface area (Å²) in [5.74, 6) is 0. The molecule has 0 rings (SSSR count). The zero-order valence-electron chi connectivity index (χ0n) is 6.17. The molecular formula is C8H10F2O. The van der Waals surface area contributed by atoms with Gasteiger partial charge in [-0.3, -0.25) is 0 Å².